The van der Waals surface area contributed by atoms with Crippen LogP contribution in [-0.2, 0) is 0 Å². The molecule has 13 heavy (non-hydrogen) atoms. The van der Waals surface area contributed by atoms with Crippen LogP contribution in [0, 0.1) is 18.8 Å². The number of rotatable bonds is 1. The van der Waals surface area contributed by atoms with Crippen LogP contribution in [0.15, 0.2) is 24.3 Å². The zero-order chi connectivity index (χ0) is 9.68. The summed E-state index contributed by atoms with van der Waals surface area (Å²) in [5.74, 6) is 6.06. The van der Waals surface area contributed by atoms with Gasteiger partial charge in [-0.3, -0.25) is 0 Å². The number of hydrogen-bond acceptors (Lipinski definition) is 1. The van der Waals surface area contributed by atoms with Crippen molar-refractivity contribution in [2.24, 2.45) is 5.73 Å². The lowest BCUT2D eigenvalue weighted by Gasteiger charge is -1.96. The molecule has 0 fully saturated rings. The van der Waals surface area contributed by atoms with Crippen molar-refractivity contribution in [3.8, 4) is 11.8 Å². The van der Waals surface area contributed by atoms with Gasteiger partial charge in [-0.25, -0.2) is 0 Å². The van der Waals surface area contributed by atoms with Crippen LogP contribution in [0.4, 0.5) is 0 Å². The number of nitrogens with two attached hydrogens (primary N) is 1. The summed E-state index contributed by atoms with van der Waals surface area (Å²) in [5, 5.41) is 0. The highest BCUT2D eigenvalue weighted by Gasteiger charge is 1.90. The molecule has 1 nitrogen and oxygen atoms in total. The molecule has 0 aliphatic heterocycles. The second-order valence-corrected chi connectivity index (χ2v) is 3.15. The molecule has 1 unspecified atom stereocenters. The van der Waals surface area contributed by atoms with Crippen LogP contribution in [0.3, 0.4) is 0 Å². The summed E-state index contributed by atoms with van der Waals surface area (Å²) < 4.78 is 0. The van der Waals surface area contributed by atoms with Crippen molar-refractivity contribution in [1.82, 2.24) is 0 Å². The van der Waals surface area contributed by atoms with Gasteiger partial charge < -0.3 is 5.73 Å². The Morgan fingerprint density at radius 2 is 2.23 bits per heavy atom. The topological polar surface area (TPSA) is 26.0 Å². The molecule has 1 rings (SSSR count). The minimum absolute atomic E-state index is 0.000474. The zero-order valence-electron chi connectivity index (χ0n) is 8.17. The summed E-state index contributed by atoms with van der Waals surface area (Å²) in [6.45, 7) is 4.10. The highest BCUT2D eigenvalue weighted by atomic mass is 14.6. The van der Waals surface area contributed by atoms with E-state index in [4.69, 9.17) is 5.73 Å². The van der Waals surface area contributed by atoms with E-state index in [1.807, 2.05) is 19.1 Å². The van der Waals surface area contributed by atoms with E-state index in [9.17, 15) is 0 Å². The summed E-state index contributed by atoms with van der Waals surface area (Å²) in [6.07, 6.45) is 0.902. The fourth-order valence-electron chi connectivity index (χ4n) is 1.00. The molecule has 0 saturated heterocycles. The third-order valence-electron chi connectivity index (χ3n) is 1.86. The molecule has 1 heteroatoms. The van der Waals surface area contributed by atoms with Crippen LogP contribution < -0.4 is 5.73 Å². The fraction of sp³-hybridized carbons (Fsp3) is 0.333. The maximum absolute atomic E-state index is 5.69. The van der Waals surface area contributed by atoms with E-state index in [2.05, 4.69) is 30.9 Å². The van der Waals surface area contributed by atoms with Gasteiger partial charge in [0.1, 0.15) is 0 Å². The van der Waals surface area contributed by atoms with E-state index < -0.39 is 0 Å². The second kappa shape index (κ2) is 4.69. The normalized spacial score (nSPS) is 11.6. The second-order valence-electron chi connectivity index (χ2n) is 3.15. The average molecular weight is 173 g/mol. The number of benzene rings is 1. The van der Waals surface area contributed by atoms with E-state index >= 15 is 0 Å². The maximum atomic E-state index is 5.69. The summed E-state index contributed by atoms with van der Waals surface area (Å²) in [7, 11) is 0. The van der Waals surface area contributed by atoms with Crippen molar-refractivity contribution in [1.29, 1.82) is 0 Å². The van der Waals surface area contributed by atoms with Crippen molar-refractivity contribution >= 4 is 0 Å². The molecule has 1 aromatic rings. The van der Waals surface area contributed by atoms with E-state index in [1.165, 1.54) is 5.56 Å². The lowest BCUT2D eigenvalue weighted by molar-refractivity contribution is 0.806. The van der Waals surface area contributed by atoms with Gasteiger partial charge in [0.25, 0.3) is 0 Å². The first-order valence-electron chi connectivity index (χ1n) is 4.56. The minimum atomic E-state index is 0.000474. The van der Waals surface area contributed by atoms with Gasteiger partial charge in [-0.1, -0.05) is 30.9 Å². The maximum Gasteiger partial charge on any atom is 0.0665 e. The third kappa shape index (κ3) is 3.31. The smallest absolute Gasteiger partial charge is 0.0665 e. The summed E-state index contributed by atoms with van der Waals surface area (Å²) in [4.78, 5) is 0. The minimum Gasteiger partial charge on any atom is -0.318 e. The van der Waals surface area contributed by atoms with Crippen LogP contribution >= 0.6 is 0 Å². The molecule has 0 heterocycles. The molecule has 0 aliphatic carbocycles. The Hall–Kier alpha value is -1.26. The van der Waals surface area contributed by atoms with Crippen molar-refractivity contribution < 1.29 is 0 Å². The lowest BCUT2D eigenvalue weighted by Crippen LogP contribution is -2.15. The van der Waals surface area contributed by atoms with Crippen LogP contribution in [0.5, 0.6) is 0 Å². The van der Waals surface area contributed by atoms with Gasteiger partial charge >= 0.3 is 0 Å². The van der Waals surface area contributed by atoms with E-state index in [0.29, 0.717) is 0 Å². The quantitative estimate of drug-likeness (QED) is 0.646. The van der Waals surface area contributed by atoms with Crippen molar-refractivity contribution in [3.05, 3.63) is 35.4 Å². The SMILES string of the molecule is CCC(N)C#Cc1cccc(C)c1. The fourth-order valence-corrected chi connectivity index (χ4v) is 1.00. The first kappa shape index (κ1) is 9.83. The Kier molecular flexibility index (Phi) is 3.54. The summed E-state index contributed by atoms with van der Waals surface area (Å²) in [5.41, 5.74) is 7.96. The Morgan fingerprint density at radius 3 is 2.85 bits per heavy atom. The largest absolute Gasteiger partial charge is 0.318 e. The van der Waals surface area contributed by atoms with Gasteiger partial charge in [0.2, 0.25) is 0 Å². The molecule has 0 aliphatic rings. The Labute approximate surface area is 80.0 Å². The third-order valence-corrected chi connectivity index (χ3v) is 1.86. The van der Waals surface area contributed by atoms with Gasteiger partial charge in [0.15, 0.2) is 0 Å². The standard InChI is InChI=1S/C12H15N/c1-3-12(13)8-7-11-6-4-5-10(2)9-11/h4-6,9,12H,3,13H2,1-2H3. The molecule has 0 amide bonds. The summed E-state index contributed by atoms with van der Waals surface area (Å²) in [6, 6.07) is 8.14. The van der Waals surface area contributed by atoms with Crippen LogP contribution in [0.1, 0.15) is 24.5 Å². The Balaban J connectivity index is 2.77. The molecule has 0 spiro atoms. The van der Waals surface area contributed by atoms with Gasteiger partial charge in [-0.15, -0.1) is 0 Å². The molecular weight excluding hydrogens is 158 g/mol. The molecular formula is C12H15N. The first-order chi connectivity index (χ1) is 6.22. The van der Waals surface area contributed by atoms with Crippen molar-refractivity contribution in [2.45, 2.75) is 26.3 Å². The molecule has 68 valence electrons. The number of hydrogen-bond donors (Lipinski definition) is 1. The van der Waals surface area contributed by atoms with E-state index in [-0.39, 0.29) is 6.04 Å². The predicted octanol–water partition coefficient (Wildman–Crippen LogP) is 2.08. The molecule has 0 aromatic heterocycles. The summed E-state index contributed by atoms with van der Waals surface area (Å²) >= 11 is 0. The Morgan fingerprint density at radius 1 is 1.46 bits per heavy atom. The van der Waals surface area contributed by atoms with E-state index in [1.54, 1.807) is 0 Å². The molecule has 0 bridgehead atoms. The van der Waals surface area contributed by atoms with Crippen LogP contribution in [0.2, 0.25) is 0 Å². The molecule has 2 N–H and O–H groups in total. The van der Waals surface area contributed by atoms with Crippen molar-refractivity contribution in [2.75, 3.05) is 0 Å². The highest BCUT2D eigenvalue weighted by Crippen LogP contribution is 2.01. The van der Waals surface area contributed by atoms with Gasteiger partial charge in [0, 0.05) is 5.56 Å². The van der Waals surface area contributed by atoms with Gasteiger partial charge in [-0.05, 0) is 31.0 Å². The van der Waals surface area contributed by atoms with Crippen LogP contribution in [0.25, 0.3) is 0 Å². The average Bonchev–Trinajstić information content (AvgIpc) is 2.14. The van der Waals surface area contributed by atoms with Crippen LogP contribution in [-0.4, -0.2) is 6.04 Å². The Bertz CT molecular complexity index is 330. The lowest BCUT2D eigenvalue weighted by atomic mass is 10.1. The van der Waals surface area contributed by atoms with Gasteiger partial charge in [-0.2, -0.15) is 0 Å². The monoisotopic (exact) mass is 173 g/mol. The van der Waals surface area contributed by atoms with Gasteiger partial charge in [0.05, 0.1) is 6.04 Å². The molecule has 0 radical (unpaired) electrons. The van der Waals surface area contributed by atoms with E-state index in [0.717, 1.165) is 12.0 Å². The molecule has 0 saturated carbocycles. The predicted molar refractivity (Wildman–Crippen MR) is 56.3 cm³/mol. The zero-order valence-corrected chi connectivity index (χ0v) is 8.17. The first-order valence-corrected chi connectivity index (χ1v) is 4.56. The van der Waals surface area contributed by atoms with Crippen molar-refractivity contribution in [3.63, 3.8) is 0 Å². The highest BCUT2D eigenvalue weighted by molar-refractivity contribution is 5.37. The molecule has 1 aromatic carbocycles. The molecule has 1 atom stereocenters. The number of aryl methyl sites for hydroxylation is 1.